The monoisotopic (exact) mass is 337 g/mol. The zero-order chi connectivity index (χ0) is 16.8. The molecule has 1 aromatic carbocycles. The Balaban J connectivity index is 1.81. The second-order valence-corrected chi connectivity index (χ2v) is 6.23. The fourth-order valence-electron chi connectivity index (χ4n) is 1.85. The van der Waals surface area contributed by atoms with Crippen LogP contribution in [-0.4, -0.2) is 66.4 Å². The molecule has 1 saturated heterocycles. The lowest BCUT2D eigenvalue weighted by atomic mass is 10.3. The molecule has 0 spiro atoms. The lowest BCUT2D eigenvalue weighted by molar-refractivity contribution is -0.130. The minimum absolute atomic E-state index is 0.0343. The first kappa shape index (κ1) is 17.1. The van der Waals surface area contributed by atoms with Crippen molar-refractivity contribution in [3.05, 3.63) is 24.3 Å². The SMILES string of the molecule is CN(C)C(=O)COc1ccc(NC(=O)CN2CCSC2=O)cc1. The maximum atomic E-state index is 11.9. The van der Waals surface area contributed by atoms with Crippen molar-refractivity contribution in [2.24, 2.45) is 0 Å². The van der Waals surface area contributed by atoms with Crippen LogP contribution in [0.2, 0.25) is 0 Å². The normalized spacial score (nSPS) is 13.8. The Morgan fingerprint density at radius 3 is 2.57 bits per heavy atom. The van der Waals surface area contributed by atoms with E-state index in [1.807, 2.05) is 0 Å². The number of carbonyl (C=O) groups excluding carboxylic acids is 3. The molecular formula is C15H19N3O4S. The zero-order valence-corrected chi connectivity index (χ0v) is 13.9. The summed E-state index contributed by atoms with van der Waals surface area (Å²) in [5, 5.41) is 2.67. The van der Waals surface area contributed by atoms with Crippen molar-refractivity contribution in [1.29, 1.82) is 0 Å². The summed E-state index contributed by atoms with van der Waals surface area (Å²) in [4.78, 5) is 37.7. The number of rotatable bonds is 6. The number of nitrogens with zero attached hydrogens (tertiary/aromatic N) is 2. The molecule has 0 unspecified atom stereocenters. The van der Waals surface area contributed by atoms with Crippen LogP contribution in [0.5, 0.6) is 5.75 Å². The number of hydrogen-bond donors (Lipinski definition) is 1. The van der Waals surface area contributed by atoms with E-state index in [0.29, 0.717) is 18.0 Å². The Morgan fingerprint density at radius 1 is 1.30 bits per heavy atom. The lowest BCUT2D eigenvalue weighted by Crippen LogP contribution is -2.33. The van der Waals surface area contributed by atoms with Crippen LogP contribution in [-0.2, 0) is 9.59 Å². The van der Waals surface area contributed by atoms with Crippen molar-refractivity contribution in [1.82, 2.24) is 9.80 Å². The van der Waals surface area contributed by atoms with Crippen molar-refractivity contribution in [3.63, 3.8) is 0 Å². The van der Waals surface area contributed by atoms with Crippen LogP contribution in [0.4, 0.5) is 10.5 Å². The summed E-state index contributed by atoms with van der Waals surface area (Å²) in [6, 6.07) is 6.73. The molecule has 0 atom stereocenters. The van der Waals surface area contributed by atoms with Crippen molar-refractivity contribution < 1.29 is 19.1 Å². The first-order valence-electron chi connectivity index (χ1n) is 7.10. The Hall–Kier alpha value is -2.22. The van der Waals surface area contributed by atoms with E-state index in [2.05, 4.69) is 5.32 Å². The number of carbonyl (C=O) groups is 3. The van der Waals surface area contributed by atoms with E-state index in [9.17, 15) is 14.4 Å². The fraction of sp³-hybridized carbons (Fsp3) is 0.400. The number of nitrogens with one attached hydrogen (secondary N) is 1. The Kier molecular flexibility index (Phi) is 5.86. The van der Waals surface area contributed by atoms with Crippen molar-refractivity contribution in [2.75, 3.05) is 44.9 Å². The van der Waals surface area contributed by atoms with Gasteiger partial charge in [0.25, 0.3) is 11.1 Å². The van der Waals surface area contributed by atoms with Gasteiger partial charge in [-0.15, -0.1) is 0 Å². The number of benzene rings is 1. The molecule has 23 heavy (non-hydrogen) atoms. The molecular weight excluding hydrogens is 318 g/mol. The van der Waals surface area contributed by atoms with Crippen molar-refractivity contribution >= 4 is 34.5 Å². The largest absolute Gasteiger partial charge is 0.484 e. The van der Waals surface area contributed by atoms with Gasteiger partial charge < -0.3 is 19.9 Å². The highest BCUT2D eigenvalue weighted by Gasteiger charge is 2.23. The van der Waals surface area contributed by atoms with Gasteiger partial charge in [-0.1, -0.05) is 11.8 Å². The number of thioether (sulfide) groups is 1. The number of hydrogen-bond acceptors (Lipinski definition) is 5. The van der Waals surface area contributed by atoms with Gasteiger partial charge in [-0.25, -0.2) is 0 Å². The van der Waals surface area contributed by atoms with Gasteiger partial charge in [0, 0.05) is 32.1 Å². The highest BCUT2D eigenvalue weighted by molar-refractivity contribution is 8.13. The van der Waals surface area contributed by atoms with E-state index in [1.165, 1.54) is 21.6 Å². The Morgan fingerprint density at radius 2 is 2.00 bits per heavy atom. The molecule has 0 aromatic heterocycles. The Bertz CT molecular complexity index is 589. The topological polar surface area (TPSA) is 79.0 Å². The van der Waals surface area contributed by atoms with E-state index in [1.54, 1.807) is 38.4 Å². The van der Waals surface area contributed by atoms with Crippen LogP contribution in [0.1, 0.15) is 0 Å². The van der Waals surface area contributed by atoms with Gasteiger partial charge in [-0.05, 0) is 24.3 Å². The number of likely N-dealkylation sites (N-methyl/N-ethyl adjacent to an activating group) is 1. The van der Waals surface area contributed by atoms with Gasteiger partial charge in [0.05, 0.1) is 0 Å². The van der Waals surface area contributed by atoms with Gasteiger partial charge in [0.15, 0.2) is 6.61 Å². The third-order valence-corrected chi connectivity index (χ3v) is 4.07. The summed E-state index contributed by atoms with van der Waals surface area (Å²) in [6.07, 6.45) is 0. The predicted octanol–water partition coefficient (Wildman–Crippen LogP) is 1.26. The summed E-state index contributed by atoms with van der Waals surface area (Å²) in [7, 11) is 3.32. The van der Waals surface area contributed by atoms with Gasteiger partial charge in [0.2, 0.25) is 5.91 Å². The van der Waals surface area contributed by atoms with Crippen LogP contribution in [0.3, 0.4) is 0 Å². The van der Waals surface area contributed by atoms with Gasteiger partial charge in [0.1, 0.15) is 12.3 Å². The quantitative estimate of drug-likeness (QED) is 0.845. The number of anilines is 1. The molecule has 0 bridgehead atoms. The lowest BCUT2D eigenvalue weighted by Gasteiger charge is -2.14. The standard InChI is InChI=1S/C15H19N3O4S/c1-17(2)14(20)10-22-12-5-3-11(4-6-12)16-13(19)9-18-7-8-23-15(18)21/h3-6H,7-10H2,1-2H3,(H,16,19). The highest BCUT2D eigenvalue weighted by atomic mass is 32.2. The summed E-state index contributed by atoms with van der Waals surface area (Å²) >= 11 is 1.22. The molecule has 1 fully saturated rings. The maximum Gasteiger partial charge on any atom is 0.282 e. The van der Waals surface area contributed by atoms with Crippen molar-refractivity contribution in [2.45, 2.75) is 0 Å². The van der Waals surface area contributed by atoms with E-state index in [4.69, 9.17) is 4.74 Å². The average Bonchev–Trinajstić information content (AvgIpc) is 2.91. The zero-order valence-electron chi connectivity index (χ0n) is 13.1. The summed E-state index contributed by atoms with van der Waals surface area (Å²) < 4.78 is 5.35. The molecule has 2 rings (SSSR count). The minimum atomic E-state index is -0.239. The van der Waals surface area contributed by atoms with Crippen LogP contribution in [0.25, 0.3) is 0 Å². The van der Waals surface area contributed by atoms with Crippen LogP contribution in [0, 0.1) is 0 Å². The van der Waals surface area contributed by atoms with E-state index in [-0.39, 0.29) is 30.2 Å². The second-order valence-electron chi connectivity index (χ2n) is 5.19. The minimum Gasteiger partial charge on any atom is -0.484 e. The van der Waals surface area contributed by atoms with Gasteiger partial charge in [-0.2, -0.15) is 0 Å². The van der Waals surface area contributed by atoms with Crippen LogP contribution >= 0.6 is 11.8 Å². The molecule has 0 radical (unpaired) electrons. The second kappa shape index (κ2) is 7.87. The molecule has 1 aliphatic heterocycles. The van der Waals surface area contributed by atoms with Crippen LogP contribution in [0.15, 0.2) is 24.3 Å². The molecule has 0 aliphatic carbocycles. The number of amides is 3. The molecule has 1 N–H and O–H groups in total. The maximum absolute atomic E-state index is 11.9. The van der Waals surface area contributed by atoms with Gasteiger partial charge in [-0.3, -0.25) is 14.4 Å². The van der Waals surface area contributed by atoms with E-state index in [0.717, 1.165) is 5.75 Å². The molecule has 0 saturated carbocycles. The third kappa shape index (κ3) is 5.17. The van der Waals surface area contributed by atoms with Crippen molar-refractivity contribution in [3.8, 4) is 5.75 Å². The summed E-state index contributed by atoms with van der Waals surface area (Å²) in [5.41, 5.74) is 0.612. The first-order chi connectivity index (χ1) is 11.0. The van der Waals surface area contributed by atoms with Crippen LogP contribution < -0.4 is 10.1 Å². The predicted molar refractivity (Wildman–Crippen MR) is 88.7 cm³/mol. The smallest absolute Gasteiger partial charge is 0.282 e. The molecule has 3 amide bonds. The molecule has 7 nitrogen and oxygen atoms in total. The molecule has 124 valence electrons. The average molecular weight is 337 g/mol. The molecule has 1 aromatic rings. The van der Waals surface area contributed by atoms with Gasteiger partial charge >= 0.3 is 0 Å². The number of ether oxygens (including phenoxy) is 1. The fourth-order valence-corrected chi connectivity index (χ4v) is 2.68. The third-order valence-electron chi connectivity index (χ3n) is 3.18. The molecule has 8 heteroatoms. The highest BCUT2D eigenvalue weighted by Crippen LogP contribution is 2.18. The summed E-state index contributed by atoms with van der Waals surface area (Å²) in [6.45, 7) is 0.623. The molecule has 1 heterocycles. The first-order valence-corrected chi connectivity index (χ1v) is 8.09. The van der Waals surface area contributed by atoms with E-state index < -0.39 is 0 Å². The summed E-state index contributed by atoms with van der Waals surface area (Å²) in [5.74, 6) is 0.904. The van der Waals surface area contributed by atoms with E-state index >= 15 is 0 Å². The molecule has 1 aliphatic rings. The Labute approximate surface area is 139 Å².